The van der Waals surface area contributed by atoms with Crippen LogP contribution < -0.4 is 10.2 Å². The summed E-state index contributed by atoms with van der Waals surface area (Å²) in [7, 11) is 0. The van der Waals surface area contributed by atoms with E-state index in [1.807, 2.05) is 13.8 Å². The van der Waals surface area contributed by atoms with E-state index < -0.39 is 0 Å². The number of carbonyl (C=O) groups is 1. The van der Waals surface area contributed by atoms with Crippen molar-refractivity contribution in [3.05, 3.63) is 18.1 Å². The molecule has 0 radical (unpaired) electrons. The molecule has 1 amide bonds. The average Bonchev–Trinajstić information content (AvgIpc) is 2.47. The van der Waals surface area contributed by atoms with Gasteiger partial charge in [0.05, 0.1) is 12.4 Å². The lowest BCUT2D eigenvalue weighted by Gasteiger charge is -2.34. The van der Waals surface area contributed by atoms with Crippen LogP contribution in [0.3, 0.4) is 0 Å². The summed E-state index contributed by atoms with van der Waals surface area (Å²) in [4.78, 5) is 25.0. The zero-order valence-corrected chi connectivity index (χ0v) is 12.5. The van der Waals surface area contributed by atoms with E-state index in [0.29, 0.717) is 5.69 Å². The van der Waals surface area contributed by atoms with Gasteiger partial charge in [-0.15, -0.1) is 0 Å². The first-order chi connectivity index (χ1) is 9.60. The van der Waals surface area contributed by atoms with Crippen LogP contribution in [0.1, 0.15) is 31.3 Å². The molecule has 6 nitrogen and oxygen atoms in total. The van der Waals surface area contributed by atoms with Gasteiger partial charge in [0.15, 0.2) is 0 Å². The Balaban J connectivity index is 1.96. The Kier molecular flexibility index (Phi) is 4.89. The summed E-state index contributed by atoms with van der Waals surface area (Å²) in [5, 5.41) is 2.81. The summed E-state index contributed by atoms with van der Waals surface area (Å²) in [6, 6.07) is 0.103. The molecule has 1 aliphatic rings. The van der Waals surface area contributed by atoms with Crippen LogP contribution in [0.25, 0.3) is 0 Å². The van der Waals surface area contributed by atoms with Crippen molar-refractivity contribution in [3.63, 3.8) is 0 Å². The second kappa shape index (κ2) is 6.65. The highest BCUT2D eigenvalue weighted by molar-refractivity contribution is 5.92. The van der Waals surface area contributed by atoms with E-state index >= 15 is 0 Å². The Hall–Kier alpha value is -1.69. The van der Waals surface area contributed by atoms with Gasteiger partial charge in [-0.3, -0.25) is 4.79 Å². The fourth-order valence-corrected chi connectivity index (χ4v) is 2.23. The molecule has 1 aromatic heterocycles. The maximum Gasteiger partial charge on any atom is 0.271 e. The van der Waals surface area contributed by atoms with Gasteiger partial charge in [-0.25, -0.2) is 9.97 Å². The lowest BCUT2D eigenvalue weighted by Crippen LogP contribution is -2.46. The van der Waals surface area contributed by atoms with E-state index in [1.165, 1.54) is 0 Å². The largest absolute Gasteiger partial charge is 0.353 e. The van der Waals surface area contributed by atoms with Gasteiger partial charge in [-0.2, -0.15) is 0 Å². The first-order valence-corrected chi connectivity index (χ1v) is 7.20. The molecule has 6 heteroatoms. The molecule has 0 bridgehead atoms. The van der Waals surface area contributed by atoms with Crippen LogP contribution in [-0.2, 0) is 0 Å². The van der Waals surface area contributed by atoms with Gasteiger partial charge in [0.2, 0.25) is 0 Å². The first-order valence-electron chi connectivity index (χ1n) is 7.20. The van der Waals surface area contributed by atoms with Crippen molar-refractivity contribution in [1.29, 1.82) is 0 Å². The van der Waals surface area contributed by atoms with Crippen LogP contribution in [0, 0.1) is 0 Å². The Morgan fingerprint density at radius 2 is 1.95 bits per heavy atom. The van der Waals surface area contributed by atoms with E-state index in [9.17, 15) is 4.79 Å². The van der Waals surface area contributed by atoms with Crippen molar-refractivity contribution < 1.29 is 4.79 Å². The minimum atomic E-state index is -0.171. The summed E-state index contributed by atoms with van der Waals surface area (Å²) in [6.07, 6.45) is 3.25. The maximum absolute atomic E-state index is 11.8. The molecule has 1 N–H and O–H groups in total. The molecule has 1 saturated heterocycles. The van der Waals surface area contributed by atoms with Crippen LogP contribution in [0.2, 0.25) is 0 Å². The molecule has 1 aromatic rings. The van der Waals surface area contributed by atoms with E-state index in [4.69, 9.17) is 0 Å². The summed E-state index contributed by atoms with van der Waals surface area (Å²) >= 11 is 0. The van der Waals surface area contributed by atoms with Gasteiger partial charge in [0, 0.05) is 32.2 Å². The molecule has 0 unspecified atom stereocenters. The Morgan fingerprint density at radius 1 is 1.25 bits per heavy atom. The number of nitrogens with one attached hydrogen (secondary N) is 1. The minimum absolute atomic E-state index is 0.103. The summed E-state index contributed by atoms with van der Waals surface area (Å²) in [5.41, 5.74) is 0.370. The monoisotopic (exact) mass is 277 g/mol. The summed E-state index contributed by atoms with van der Waals surface area (Å²) in [5.74, 6) is 0.678. The SMILES string of the molecule is CCN1CCN(c2cnc(C(=O)NC(C)C)cn2)CC1. The van der Waals surface area contributed by atoms with Gasteiger partial charge >= 0.3 is 0 Å². The van der Waals surface area contributed by atoms with Crippen LogP contribution in [0.15, 0.2) is 12.4 Å². The molecular weight excluding hydrogens is 254 g/mol. The molecule has 1 fully saturated rings. The third-order valence-corrected chi connectivity index (χ3v) is 3.43. The highest BCUT2D eigenvalue weighted by Crippen LogP contribution is 2.12. The van der Waals surface area contributed by atoms with Crippen molar-refractivity contribution in [1.82, 2.24) is 20.2 Å². The number of rotatable bonds is 4. The number of hydrogen-bond donors (Lipinski definition) is 1. The summed E-state index contributed by atoms with van der Waals surface area (Å²) < 4.78 is 0. The highest BCUT2D eigenvalue weighted by Gasteiger charge is 2.17. The van der Waals surface area contributed by atoms with Crippen molar-refractivity contribution in [2.75, 3.05) is 37.6 Å². The average molecular weight is 277 g/mol. The van der Waals surface area contributed by atoms with Crippen molar-refractivity contribution in [2.45, 2.75) is 26.8 Å². The predicted octanol–water partition coefficient (Wildman–Crippen LogP) is 0.757. The van der Waals surface area contributed by atoms with Crippen LogP contribution >= 0.6 is 0 Å². The Morgan fingerprint density at radius 3 is 2.45 bits per heavy atom. The van der Waals surface area contributed by atoms with Crippen LogP contribution in [0.5, 0.6) is 0 Å². The molecule has 0 aliphatic carbocycles. The summed E-state index contributed by atoms with van der Waals surface area (Å²) in [6.45, 7) is 11.1. The molecule has 0 atom stereocenters. The number of aromatic nitrogens is 2. The minimum Gasteiger partial charge on any atom is -0.353 e. The molecule has 2 heterocycles. The standard InChI is InChI=1S/C14H23N5O/c1-4-18-5-7-19(8-6-18)13-10-15-12(9-16-13)14(20)17-11(2)3/h9-11H,4-8H2,1-3H3,(H,17,20). The molecule has 20 heavy (non-hydrogen) atoms. The number of hydrogen-bond acceptors (Lipinski definition) is 5. The molecule has 2 rings (SSSR count). The van der Waals surface area contributed by atoms with Crippen LogP contribution in [0.4, 0.5) is 5.82 Å². The smallest absolute Gasteiger partial charge is 0.271 e. The molecule has 0 saturated carbocycles. The molecular formula is C14H23N5O. The number of amides is 1. The first kappa shape index (κ1) is 14.7. The Bertz CT molecular complexity index is 437. The fraction of sp³-hybridized carbons (Fsp3) is 0.643. The van der Waals surface area contributed by atoms with Crippen molar-refractivity contribution in [3.8, 4) is 0 Å². The van der Waals surface area contributed by atoms with Gasteiger partial charge in [0.1, 0.15) is 11.5 Å². The van der Waals surface area contributed by atoms with Gasteiger partial charge in [-0.1, -0.05) is 6.92 Å². The van der Waals surface area contributed by atoms with Gasteiger partial charge in [-0.05, 0) is 20.4 Å². The van der Waals surface area contributed by atoms with Crippen LogP contribution in [-0.4, -0.2) is 59.5 Å². The number of piperazine rings is 1. The van der Waals surface area contributed by atoms with Crippen molar-refractivity contribution >= 4 is 11.7 Å². The number of likely N-dealkylation sites (N-methyl/N-ethyl adjacent to an activating group) is 1. The van der Waals surface area contributed by atoms with E-state index in [2.05, 4.69) is 32.0 Å². The van der Waals surface area contributed by atoms with E-state index in [-0.39, 0.29) is 11.9 Å². The molecule has 0 spiro atoms. The van der Waals surface area contributed by atoms with Gasteiger partial charge < -0.3 is 15.1 Å². The fourth-order valence-electron chi connectivity index (χ4n) is 2.23. The Labute approximate surface area is 120 Å². The zero-order valence-electron chi connectivity index (χ0n) is 12.5. The number of nitrogens with zero attached hydrogens (tertiary/aromatic N) is 4. The second-order valence-electron chi connectivity index (χ2n) is 5.31. The maximum atomic E-state index is 11.8. The van der Waals surface area contributed by atoms with E-state index in [0.717, 1.165) is 38.5 Å². The molecule has 110 valence electrons. The third-order valence-electron chi connectivity index (χ3n) is 3.43. The lowest BCUT2D eigenvalue weighted by atomic mass is 10.3. The second-order valence-corrected chi connectivity index (χ2v) is 5.31. The molecule has 0 aromatic carbocycles. The van der Waals surface area contributed by atoms with Crippen molar-refractivity contribution in [2.24, 2.45) is 0 Å². The van der Waals surface area contributed by atoms with Gasteiger partial charge in [0.25, 0.3) is 5.91 Å². The predicted molar refractivity (Wildman–Crippen MR) is 79.0 cm³/mol. The molecule has 1 aliphatic heterocycles. The highest BCUT2D eigenvalue weighted by atomic mass is 16.1. The van der Waals surface area contributed by atoms with E-state index in [1.54, 1.807) is 12.4 Å². The number of anilines is 1. The normalized spacial score (nSPS) is 16.5. The zero-order chi connectivity index (χ0) is 14.5. The third kappa shape index (κ3) is 3.66. The topological polar surface area (TPSA) is 61.4 Å². The lowest BCUT2D eigenvalue weighted by molar-refractivity contribution is 0.0937. The quantitative estimate of drug-likeness (QED) is 0.880. The number of carbonyl (C=O) groups excluding carboxylic acids is 1.